The fraction of sp³-hybridized carbons (Fsp3) is 0.0769. The highest BCUT2D eigenvalue weighted by Crippen LogP contribution is 2.29. The Kier molecular flexibility index (Phi) is 3.84. The molecule has 0 fully saturated rings. The second kappa shape index (κ2) is 5.55. The molecule has 2 aromatic rings. The highest BCUT2D eigenvalue weighted by molar-refractivity contribution is 7.99. The number of aromatic carboxylic acids is 1. The molecule has 0 bridgehead atoms. The monoisotopic (exact) mass is 261 g/mol. The SMILES string of the molecule is COc1ccc(Sc2ccccc2C(=O)O)nc1. The molecule has 1 N–H and O–H groups in total. The molecule has 0 atom stereocenters. The van der Waals surface area contributed by atoms with E-state index >= 15 is 0 Å². The highest BCUT2D eigenvalue weighted by Gasteiger charge is 2.10. The number of carbonyl (C=O) groups is 1. The Bertz CT molecular complexity index is 554. The van der Waals surface area contributed by atoms with E-state index in [1.165, 1.54) is 11.8 Å². The molecule has 92 valence electrons. The quantitative estimate of drug-likeness (QED) is 0.917. The van der Waals surface area contributed by atoms with Gasteiger partial charge in [-0.2, -0.15) is 0 Å². The average molecular weight is 261 g/mol. The Morgan fingerprint density at radius 1 is 1.28 bits per heavy atom. The number of carboxylic acid groups (broad SMARTS) is 1. The Morgan fingerprint density at radius 2 is 2.06 bits per heavy atom. The number of nitrogens with zero attached hydrogens (tertiary/aromatic N) is 1. The summed E-state index contributed by atoms with van der Waals surface area (Å²) in [7, 11) is 1.57. The van der Waals surface area contributed by atoms with Crippen LogP contribution in [0.25, 0.3) is 0 Å². The van der Waals surface area contributed by atoms with Crippen molar-refractivity contribution in [2.45, 2.75) is 9.92 Å². The van der Waals surface area contributed by atoms with Crippen LogP contribution in [0.2, 0.25) is 0 Å². The zero-order valence-corrected chi connectivity index (χ0v) is 10.5. The number of ether oxygens (including phenoxy) is 1. The first kappa shape index (κ1) is 12.4. The molecule has 1 aromatic carbocycles. The van der Waals surface area contributed by atoms with E-state index in [0.29, 0.717) is 10.6 Å². The lowest BCUT2D eigenvalue weighted by Crippen LogP contribution is -1.98. The zero-order valence-electron chi connectivity index (χ0n) is 9.66. The first-order valence-corrected chi connectivity index (χ1v) is 6.02. The Morgan fingerprint density at radius 3 is 2.67 bits per heavy atom. The standard InChI is InChI=1S/C13H11NO3S/c1-17-9-6-7-12(14-8-9)18-11-5-3-2-4-10(11)13(15)16/h2-8H,1H3,(H,15,16). The first-order valence-electron chi connectivity index (χ1n) is 5.21. The molecule has 1 aromatic heterocycles. The fourth-order valence-corrected chi connectivity index (χ4v) is 2.27. The van der Waals surface area contributed by atoms with Gasteiger partial charge in [-0.05, 0) is 24.3 Å². The summed E-state index contributed by atoms with van der Waals surface area (Å²) in [5, 5.41) is 9.80. The maximum atomic E-state index is 11.1. The fourth-order valence-electron chi connectivity index (χ4n) is 1.39. The van der Waals surface area contributed by atoms with Crippen LogP contribution < -0.4 is 4.74 Å². The lowest BCUT2D eigenvalue weighted by Gasteiger charge is -2.05. The van der Waals surface area contributed by atoms with Crippen molar-refractivity contribution >= 4 is 17.7 Å². The summed E-state index contributed by atoms with van der Waals surface area (Å²) in [6.07, 6.45) is 1.60. The molecule has 0 saturated heterocycles. The minimum Gasteiger partial charge on any atom is -0.495 e. The van der Waals surface area contributed by atoms with Gasteiger partial charge in [-0.15, -0.1) is 0 Å². The van der Waals surface area contributed by atoms with Crippen LogP contribution in [0.15, 0.2) is 52.5 Å². The van der Waals surface area contributed by atoms with Crippen molar-refractivity contribution in [3.8, 4) is 5.75 Å². The van der Waals surface area contributed by atoms with E-state index in [0.717, 1.165) is 5.03 Å². The lowest BCUT2D eigenvalue weighted by molar-refractivity contribution is 0.0693. The van der Waals surface area contributed by atoms with Gasteiger partial charge in [0.25, 0.3) is 0 Å². The predicted molar refractivity (Wildman–Crippen MR) is 68.3 cm³/mol. The van der Waals surface area contributed by atoms with Gasteiger partial charge in [0.2, 0.25) is 0 Å². The van der Waals surface area contributed by atoms with E-state index < -0.39 is 5.97 Å². The van der Waals surface area contributed by atoms with Gasteiger partial charge < -0.3 is 9.84 Å². The second-order valence-corrected chi connectivity index (χ2v) is 4.50. The Balaban J connectivity index is 2.25. The highest BCUT2D eigenvalue weighted by atomic mass is 32.2. The van der Waals surface area contributed by atoms with Gasteiger partial charge in [-0.25, -0.2) is 9.78 Å². The van der Waals surface area contributed by atoms with Crippen LogP contribution in [0.3, 0.4) is 0 Å². The minimum atomic E-state index is -0.938. The summed E-state index contributed by atoms with van der Waals surface area (Å²) in [5.41, 5.74) is 0.278. The molecule has 0 saturated carbocycles. The van der Waals surface area contributed by atoms with E-state index in [-0.39, 0.29) is 5.56 Å². The van der Waals surface area contributed by atoms with E-state index in [1.54, 1.807) is 49.7 Å². The van der Waals surface area contributed by atoms with Gasteiger partial charge in [0.15, 0.2) is 0 Å². The number of pyridine rings is 1. The van der Waals surface area contributed by atoms with Gasteiger partial charge in [-0.1, -0.05) is 23.9 Å². The molecule has 18 heavy (non-hydrogen) atoms. The van der Waals surface area contributed by atoms with Crippen molar-refractivity contribution < 1.29 is 14.6 Å². The Labute approximate surface area is 109 Å². The minimum absolute atomic E-state index is 0.278. The number of hydrogen-bond donors (Lipinski definition) is 1. The smallest absolute Gasteiger partial charge is 0.336 e. The summed E-state index contributed by atoms with van der Waals surface area (Å²) in [6, 6.07) is 10.4. The molecular formula is C13H11NO3S. The van der Waals surface area contributed by atoms with Crippen molar-refractivity contribution in [1.82, 2.24) is 4.98 Å². The second-order valence-electron chi connectivity index (χ2n) is 3.44. The molecule has 0 spiro atoms. The first-order chi connectivity index (χ1) is 8.70. The molecule has 0 aliphatic heterocycles. The van der Waals surface area contributed by atoms with E-state index in [9.17, 15) is 4.79 Å². The molecule has 5 heteroatoms. The summed E-state index contributed by atoms with van der Waals surface area (Å²) >= 11 is 1.31. The largest absolute Gasteiger partial charge is 0.495 e. The Hall–Kier alpha value is -2.01. The number of methoxy groups -OCH3 is 1. The van der Waals surface area contributed by atoms with Crippen LogP contribution in [0.4, 0.5) is 0 Å². The maximum Gasteiger partial charge on any atom is 0.336 e. The molecule has 2 rings (SSSR count). The average Bonchev–Trinajstić information content (AvgIpc) is 2.40. The van der Waals surface area contributed by atoms with Gasteiger partial charge in [0.05, 0.1) is 18.9 Å². The number of aromatic nitrogens is 1. The predicted octanol–water partition coefficient (Wildman–Crippen LogP) is 2.94. The van der Waals surface area contributed by atoms with Gasteiger partial charge in [0, 0.05) is 4.90 Å². The van der Waals surface area contributed by atoms with Gasteiger partial charge in [0.1, 0.15) is 10.8 Å². The molecule has 4 nitrogen and oxygen atoms in total. The third-order valence-electron chi connectivity index (χ3n) is 2.28. The molecule has 0 aliphatic rings. The number of hydrogen-bond acceptors (Lipinski definition) is 4. The molecule has 1 heterocycles. The van der Waals surface area contributed by atoms with Crippen LogP contribution >= 0.6 is 11.8 Å². The van der Waals surface area contributed by atoms with Crippen molar-refractivity contribution in [3.05, 3.63) is 48.2 Å². The topological polar surface area (TPSA) is 59.4 Å². The molecule has 0 aliphatic carbocycles. The molecule has 0 unspecified atom stereocenters. The van der Waals surface area contributed by atoms with E-state index in [2.05, 4.69) is 4.98 Å². The third kappa shape index (κ3) is 2.81. The summed E-state index contributed by atoms with van der Waals surface area (Å²) in [4.78, 5) is 15.9. The van der Waals surface area contributed by atoms with E-state index in [1.807, 2.05) is 0 Å². The molecular weight excluding hydrogens is 250 g/mol. The summed E-state index contributed by atoms with van der Waals surface area (Å²) in [6.45, 7) is 0. The van der Waals surface area contributed by atoms with Crippen LogP contribution in [-0.4, -0.2) is 23.2 Å². The summed E-state index contributed by atoms with van der Waals surface area (Å²) < 4.78 is 5.02. The van der Waals surface area contributed by atoms with Crippen LogP contribution in [-0.2, 0) is 0 Å². The third-order valence-corrected chi connectivity index (χ3v) is 3.30. The number of carboxylic acids is 1. The van der Waals surface area contributed by atoms with E-state index in [4.69, 9.17) is 9.84 Å². The molecule has 0 radical (unpaired) electrons. The van der Waals surface area contributed by atoms with Gasteiger partial charge >= 0.3 is 5.97 Å². The zero-order chi connectivity index (χ0) is 13.0. The van der Waals surface area contributed by atoms with Crippen molar-refractivity contribution in [2.75, 3.05) is 7.11 Å². The van der Waals surface area contributed by atoms with Crippen LogP contribution in [0.1, 0.15) is 10.4 Å². The van der Waals surface area contributed by atoms with Crippen LogP contribution in [0.5, 0.6) is 5.75 Å². The lowest BCUT2D eigenvalue weighted by atomic mass is 10.2. The van der Waals surface area contributed by atoms with Crippen molar-refractivity contribution in [1.29, 1.82) is 0 Å². The normalized spacial score (nSPS) is 10.1. The number of rotatable bonds is 4. The summed E-state index contributed by atoms with van der Waals surface area (Å²) in [5.74, 6) is -0.266. The van der Waals surface area contributed by atoms with Crippen molar-refractivity contribution in [3.63, 3.8) is 0 Å². The van der Waals surface area contributed by atoms with Crippen LogP contribution in [0, 0.1) is 0 Å². The maximum absolute atomic E-state index is 11.1. The van der Waals surface area contributed by atoms with Crippen molar-refractivity contribution in [2.24, 2.45) is 0 Å². The van der Waals surface area contributed by atoms with Gasteiger partial charge in [-0.3, -0.25) is 0 Å². The number of benzene rings is 1. The molecule has 0 amide bonds.